The zero-order chi connectivity index (χ0) is 16.1. The molecule has 0 aromatic heterocycles. The lowest BCUT2D eigenvalue weighted by atomic mass is 10.0. The van der Waals surface area contributed by atoms with Crippen molar-refractivity contribution in [2.45, 2.75) is 84.0 Å². The SMILES string of the molecule is CCCCCCCCCCCC(=O)C(F)(F)C(=O)OCC. The van der Waals surface area contributed by atoms with Crippen LogP contribution in [0.5, 0.6) is 0 Å². The van der Waals surface area contributed by atoms with Gasteiger partial charge in [-0.05, 0) is 13.3 Å². The highest BCUT2D eigenvalue weighted by atomic mass is 19.3. The minimum absolute atomic E-state index is 0.153. The van der Waals surface area contributed by atoms with Crippen molar-refractivity contribution >= 4 is 11.8 Å². The Hall–Kier alpha value is -1.00. The van der Waals surface area contributed by atoms with Crippen LogP contribution < -0.4 is 0 Å². The number of hydrogen-bond acceptors (Lipinski definition) is 3. The molecule has 124 valence electrons. The van der Waals surface area contributed by atoms with E-state index in [2.05, 4.69) is 11.7 Å². The number of hydrogen-bond donors (Lipinski definition) is 0. The molecule has 0 aliphatic heterocycles. The van der Waals surface area contributed by atoms with Crippen molar-refractivity contribution in [3.05, 3.63) is 0 Å². The number of carbonyl (C=O) groups excluding carboxylic acids is 2. The summed E-state index contributed by atoms with van der Waals surface area (Å²) in [5, 5.41) is 0. The third-order valence-corrected chi connectivity index (χ3v) is 3.39. The van der Waals surface area contributed by atoms with Gasteiger partial charge in [0.2, 0.25) is 5.78 Å². The van der Waals surface area contributed by atoms with Gasteiger partial charge in [-0.1, -0.05) is 58.3 Å². The maximum absolute atomic E-state index is 13.3. The van der Waals surface area contributed by atoms with Gasteiger partial charge in [0.1, 0.15) is 0 Å². The summed E-state index contributed by atoms with van der Waals surface area (Å²) in [5.41, 5.74) is 0. The van der Waals surface area contributed by atoms with Crippen LogP contribution in [0.15, 0.2) is 0 Å². The molecule has 0 bridgehead atoms. The molecule has 3 nitrogen and oxygen atoms in total. The molecule has 0 heterocycles. The van der Waals surface area contributed by atoms with E-state index < -0.39 is 17.7 Å². The Morgan fingerprint density at radius 2 is 1.33 bits per heavy atom. The molecule has 21 heavy (non-hydrogen) atoms. The van der Waals surface area contributed by atoms with Gasteiger partial charge in [-0.2, -0.15) is 8.78 Å². The monoisotopic (exact) mass is 306 g/mol. The molecule has 0 unspecified atom stereocenters. The van der Waals surface area contributed by atoms with Crippen LogP contribution in [0.4, 0.5) is 8.78 Å². The molecular weight excluding hydrogens is 278 g/mol. The molecule has 0 saturated heterocycles. The minimum Gasteiger partial charge on any atom is -0.461 e. The highest BCUT2D eigenvalue weighted by Crippen LogP contribution is 2.21. The molecule has 5 heteroatoms. The molecule has 0 saturated carbocycles. The smallest absolute Gasteiger partial charge is 0.399 e. The van der Waals surface area contributed by atoms with E-state index >= 15 is 0 Å². The number of unbranched alkanes of at least 4 members (excludes halogenated alkanes) is 8. The highest BCUT2D eigenvalue weighted by Gasteiger charge is 2.47. The van der Waals surface area contributed by atoms with Crippen molar-refractivity contribution in [3.8, 4) is 0 Å². The molecule has 0 rings (SSSR count). The second-order valence-electron chi connectivity index (χ2n) is 5.30. The quantitative estimate of drug-likeness (QED) is 0.282. The Kier molecular flexibility index (Phi) is 11.1. The first-order chi connectivity index (χ1) is 9.96. The van der Waals surface area contributed by atoms with Gasteiger partial charge < -0.3 is 4.74 Å². The molecule has 0 N–H and O–H groups in total. The van der Waals surface area contributed by atoms with Crippen molar-refractivity contribution in [1.29, 1.82) is 0 Å². The van der Waals surface area contributed by atoms with Gasteiger partial charge in [0.05, 0.1) is 6.61 Å². The number of halogens is 2. The number of ether oxygens (including phenoxy) is 1. The summed E-state index contributed by atoms with van der Waals surface area (Å²) in [6.07, 6.45) is 9.02. The van der Waals surface area contributed by atoms with Crippen LogP contribution in [0.2, 0.25) is 0 Å². The number of rotatable bonds is 13. The number of Topliss-reactive ketones (excluding diaryl/α,β-unsaturated/α-hetero) is 1. The molecule has 0 fully saturated rings. The standard InChI is InChI=1S/C16H28F2O3/c1-3-5-6-7-8-9-10-11-12-13-14(19)16(17,18)15(20)21-4-2/h3-13H2,1-2H3. The Bertz CT molecular complexity index is 304. The van der Waals surface area contributed by atoms with Crippen LogP contribution in [0.25, 0.3) is 0 Å². The van der Waals surface area contributed by atoms with Gasteiger partial charge in [0.25, 0.3) is 0 Å². The predicted molar refractivity (Wildman–Crippen MR) is 78.4 cm³/mol. The summed E-state index contributed by atoms with van der Waals surface area (Å²) in [4.78, 5) is 22.3. The number of alkyl halides is 2. The van der Waals surface area contributed by atoms with Crippen molar-refractivity contribution < 1.29 is 23.1 Å². The van der Waals surface area contributed by atoms with Gasteiger partial charge in [-0.15, -0.1) is 0 Å². The fourth-order valence-corrected chi connectivity index (χ4v) is 2.09. The largest absolute Gasteiger partial charge is 0.461 e. The van der Waals surface area contributed by atoms with Crippen LogP contribution in [0.1, 0.15) is 78.1 Å². The maximum Gasteiger partial charge on any atom is 0.399 e. The summed E-state index contributed by atoms with van der Waals surface area (Å²) in [6.45, 7) is 3.45. The first kappa shape index (κ1) is 20.0. The number of carbonyl (C=O) groups is 2. The second kappa shape index (κ2) is 11.6. The van der Waals surface area contributed by atoms with Crippen LogP contribution >= 0.6 is 0 Å². The molecule has 0 radical (unpaired) electrons. The lowest BCUT2D eigenvalue weighted by Crippen LogP contribution is -2.39. The average Bonchev–Trinajstić information content (AvgIpc) is 2.45. The molecule has 0 amide bonds. The first-order valence-electron chi connectivity index (χ1n) is 8.05. The zero-order valence-corrected chi connectivity index (χ0v) is 13.3. The lowest BCUT2D eigenvalue weighted by molar-refractivity contribution is -0.176. The molecule has 0 atom stereocenters. The first-order valence-corrected chi connectivity index (χ1v) is 8.05. The van der Waals surface area contributed by atoms with E-state index in [0.29, 0.717) is 6.42 Å². The van der Waals surface area contributed by atoms with Crippen molar-refractivity contribution in [1.82, 2.24) is 0 Å². The van der Waals surface area contributed by atoms with Crippen molar-refractivity contribution in [3.63, 3.8) is 0 Å². The van der Waals surface area contributed by atoms with E-state index in [-0.39, 0.29) is 13.0 Å². The fraction of sp³-hybridized carbons (Fsp3) is 0.875. The summed E-state index contributed by atoms with van der Waals surface area (Å²) in [7, 11) is 0. The van der Waals surface area contributed by atoms with E-state index in [0.717, 1.165) is 25.7 Å². The normalized spacial score (nSPS) is 11.4. The maximum atomic E-state index is 13.3. The van der Waals surface area contributed by atoms with Gasteiger partial charge in [0, 0.05) is 6.42 Å². The van der Waals surface area contributed by atoms with Crippen molar-refractivity contribution in [2.75, 3.05) is 6.61 Å². The molecule has 0 spiro atoms. The third-order valence-electron chi connectivity index (χ3n) is 3.39. The fourth-order valence-electron chi connectivity index (χ4n) is 2.09. The molecular formula is C16H28F2O3. The summed E-state index contributed by atoms with van der Waals surface area (Å²) in [6, 6.07) is 0. The van der Waals surface area contributed by atoms with E-state index in [4.69, 9.17) is 0 Å². The van der Waals surface area contributed by atoms with Gasteiger partial charge in [-0.3, -0.25) is 4.79 Å². The lowest BCUT2D eigenvalue weighted by Gasteiger charge is -2.13. The Balaban J connectivity index is 3.68. The van der Waals surface area contributed by atoms with Crippen LogP contribution in [-0.2, 0) is 14.3 Å². The summed E-state index contributed by atoms with van der Waals surface area (Å²) >= 11 is 0. The third kappa shape index (κ3) is 8.79. The molecule has 0 aliphatic carbocycles. The Morgan fingerprint density at radius 1 is 0.857 bits per heavy atom. The van der Waals surface area contributed by atoms with Gasteiger partial charge >= 0.3 is 11.9 Å². The number of ketones is 1. The second-order valence-corrected chi connectivity index (χ2v) is 5.30. The van der Waals surface area contributed by atoms with E-state index in [1.165, 1.54) is 32.6 Å². The van der Waals surface area contributed by atoms with E-state index in [1.807, 2.05) is 0 Å². The molecule has 0 aliphatic rings. The molecule has 0 aromatic carbocycles. The summed E-state index contributed by atoms with van der Waals surface area (Å²) < 4.78 is 30.9. The predicted octanol–water partition coefficient (Wildman–Crippen LogP) is 4.67. The van der Waals surface area contributed by atoms with Crippen LogP contribution in [0, 0.1) is 0 Å². The highest BCUT2D eigenvalue weighted by molar-refractivity contribution is 6.05. The summed E-state index contributed by atoms with van der Waals surface area (Å²) in [5.74, 6) is -7.05. The molecule has 0 aromatic rings. The number of esters is 1. The van der Waals surface area contributed by atoms with Crippen LogP contribution in [-0.4, -0.2) is 24.3 Å². The van der Waals surface area contributed by atoms with Gasteiger partial charge in [0.15, 0.2) is 0 Å². The van der Waals surface area contributed by atoms with Gasteiger partial charge in [-0.25, -0.2) is 4.79 Å². The topological polar surface area (TPSA) is 43.4 Å². The minimum atomic E-state index is -3.99. The average molecular weight is 306 g/mol. The Morgan fingerprint density at radius 3 is 1.81 bits per heavy atom. The van der Waals surface area contributed by atoms with E-state index in [9.17, 15) is 18.4 Å². The van der Waals surface area contributed by atoms with Crippen molar-refractivity contribution in [2.24, 2.45) is 0 Å². The van der Waals surface area contributed by atoms with Crippen LogP contribution in [0.3, 0.4) is 0 Å². The van der Waals surface area contributed by atoms with E-state index in [1.54, 1.807) is 0 Å². The Labute approximate surface area is 126 Å². The zero-order valence-electron chi connectivity index (χ0n) is 13.3.